The van der Waals surface area contributed by atoms with Crippen LogP contribution in [0.1, 0.15) is 33.9 Å². The maximum absolute atomic E-state index is 12.4. The topological polar surface area (TPSA) is 46.1 Å². The van der Waals surface area contributed by atoms with E-state index in [0.717, 1.165) is 42.2 Å². The summed E-state index contributed by atoms with van der Waals surface area (Å²) in [4.78, 5) is 23.7. The largest absolute Gasteiger partial charge is 0.338 e. The number of aryl methyl sites for hydroxylation is 1. The number of amides is 1. The lowest BCUT2D eigenvalue weighted by Crippen LogP contribution is -2.40. The van der Waals surface area contributed by atoms with Crippen molar-refractivity contribution in [3.05, 3.63) is 46.2 Å². The molecule has 110 valence electrons. The average Bonchev–Trinajstić information content (AvgIpc) is 3.01. The van der Waals surface area contributed by atoms with Gasteiger partial charge in [-0.2, -0.15) is 0 Å². The zero-order chi connectivity index (χ0) is 14.7. The Kier molecular flexibility index (Phi) is 4.29. The molecule has 1 atom stereocenters. The quantitative estimate of drug-likeness (QED) is 0.875. The van der Waals surface area contributed by atoms with Crippen LogP contribution in [-0.4, -0.2) is 33.9 Å². The first-order valence-electron chi connectivity index (χ1n) is 7.32. The Morgan fingerprint density at radius 3 is 3.14 bits per heavy atom. The van der Waals surface area contributed by atoms with Crippen LogP contribution < -0.4 is 0 Å². The molecule has 1 amide bonds. The molecule has 0 aromatic carbocycles. The molecule has 21 heavy (non-hydrogen) atoms. The van der Waals surface area contributed by atoms with E-state index in [4.69, 9.17) is 0 Å². The highest BCUT2D eigenvalue weighted by Gasteiger charge is 2.25. The minimum atomic E-state index is 0.124. The van der Waals surface area contributed by atoms with Crippen LogP contribution in [0.3, 0.4) is 0 Å². The van der Waals surface area contributed by atoms with E-state index in [1.54, 1.807) is 11.7 Å². The van der Waals surface area contributed by atoms with Gasteiger partial charge in [-0.15, -0.1) is 11.3 Å². The zero-order valence-corrected chi connectivity index (χ0v) is 13.0. The molecule has 2 aromatic rings. The summed E-state index contributed by atoms with van der Waals surface area (Å²) >= 11 is 1.42. The molecule has 0 aliphatic carbocycles. The fourth-order valence-electron chi connectivity index (χ4n) is 2.90. The van der Waals surface area contributed by atoms with Gasteiger partial charge in [-0.3, -0.25) is 14.8 Å². The number of hydrogen-bond acceptors (Lipinski definition) is 4. The van der Waals surface area contributed by atoms with Crippen molar-refractivity contribution in [2.45, 2.75) is 26.2 Å². The van der Waals surface area contributed by atoms with E-state index < -0.39 is 0 Å². The SMILES string of the molecule is Cc1cccc(C[C@H]2CCCN(C(=O)c3cncs3)C2)n1. The van der Waals surface area contributed by atoms with Crippen molar-refractivity contribution in [3.8, 4) is 0 Å². The van der Waals surface area contributed by atoms with Crippen molar-refractivity contribution in [2.24, 2.45) is 5.92 Å². The number of carbonyl (C=O) groups is 1. The van der Waals surface area contributed by atoms with E-state index >= 15 is 0 Å². The maximum Gasteiger partial charge on any atom is 0.265 e. The molecule has 4 nitrogen and oxygen atoms in total. The van der Waals surface area contributed by atoms with Crippen LogP contribution in [-0.2, 0) is 6.42 Å². The van der Waals surface area contributed by atoms with Crippen molar-refractivity contribution < 1.29 is 4.79 Å². The Labute approximate surface area is 128 Å². The molecular formula is C16H19N3OS. The molecule has 0 spiro atoms. The third kappa shape index (κ3) is 3.47. The number of aromatic nitrogens is 2. The lowest BCUT2D eigenvalue weighted by molar-refractivity contribution is 0.0677. The van der Waals surface area contributed by atoms with Crippen molar-refractivity contribution in [2.75, 3.05) is 13.1 Å². The summed E-state index contributed by atoms with van der Waals surface area (Å²) in [7, 11) is 0. The van der Waals surface area contributed by atoms with Gasteiger partial charge in [0, 0.05) is 24.5 Å². The summed E-state index contributed by atoms with van der Waals surface area (Å²) in [5.74, 6) is 0.629. The van der Waals surface area contributed by atoms with Crippen LogP contribution in [0.15, 0.2) is 29.9 Å². The molecule has 2 aromatic heterocycles. The number of hydrogen-bond donors (Lipinski definition) is 0. The predicted molar refractivity (Wildman–Crippen MR) is 83.4 cm³/mol. The monoisotopic (exact) mass is 301 g/mol. The van der Waals surface area contributed by atoms with Gasteiger partial charge in [0.25, 0.3) is 5.91 Å². The Hall–Kier alpha value is -1.75. The molecule has 0 bridgehead atoms. The van der Waals surface area contributed by atoms with E-state index in [2.05, 4.69) is 22.1 Å². The van der Waals surface area contributed by atoms with Gasteiger partial charge in [0.15, 0.2) is 0 Å². The number of thiazole rings is 1. The van der Waals surface area contributed by atoms with Crippen molar-refractivity contribution >= 4 is 17.2 Å². The highest BCUT2D eigenvalue weighted by atomic mass is 32.1. The van der Waals surface area contributed by atoms with Gasteiger partial charge in [-0.25, -0.2) is 0 Å². The van der Waals surface area contributed by atoms with Gasteiger partial charge < -0.3 is 4.90 Å². The second kappa shape index (κ2) is 6.35. The first-order chi connectivity index (χ1) is 10.2. The predicted octanol–water partition coefficient (Wildman–Crippen LogP) is 2.94. The highest BCUT2D eigenvalue weighted by Crippen LogP contribution is 2.22. The lowest BCUT2D eigenvalue weighted by Gasteiger charge is -2.32. The van der Waals surface area contributed by atoms with Gasteiger partial charge in [-0.05, 0) is 44.2 Å². The molecule has 1 fully saturated rings. The third-order valence-electron chi connectivity index (χ3n) is 3.89. The third-order valence-corrected chi connectivity index (χ3v) is 4.65. The lowest BCUT2D eigenvalue weighted by atomic mass is 9.93. The van der Waals surface area contributed by atoms with Gasteiger partial charge in [0.05, 0.1) is 11.7 Å². The van der Waals surface area contributed by atoms with Crippen LogP contribution >= 0.6 is 11.3 Å². The Morgan fingerprint density at radius 2 is 2.38 bits per heavy atom. The number of rotatable bonds is 3. The van der Waals surface area contributed by atoms with Crippen LogP contribution in [0.4, 0.5) is 0 Å². The van der Waals surface area contributed by atoms with Crippen LogP contribution in [0, 0.1) is 12.8 Å². The molecule has 5 heteroatoms. The average molecular weight is 301 g/mol. The second-order valence-corrected chi connectivity index (χ2v) is 6.49. The molecule has 0 radical (unpaired) electrons. The Morgan fingerprint density at radius 1 is 1.48 bits per heavy atom. The fraction of sp³-hybridized carbons (Fsp3) is 0.438. The van der Waals surface area contributed by atoms with Crippen LogP contribution in [0.25, 0.3) is 0 Å². The molecule has 1 saturated heterocycles. The summed E-state index contributed by atoms with van der Waals surface area (Å²) < 4.78 is 0. The molecule has 1 aliphatic heterocycles. The van der Waals surface area contributed by atoms with Crippen molar-refractivity contribution in [3.63, 3.8) is 0 Å². The second-order valence-electron chi connectivity index (χ2n) is 5.60. The van der Waals surface area contributed by atoms with Crippen molar-refractivity contribution in [1.82, 2.24) is 14.9 Å². The minimum absolute atomic E-state index is 0.124. The summed E-state index contributed by atoms with van der Waals surface area (Å²) in [5, 5.41) is 0. The molecule has 1 aliphatic rings. The maximum atomic E-state index is 12.4. The first kappa shape index (κ1) is 14.2. The molecule has 0 saturated carbocycles. The fourth-order valence-corrected chi connectivity index (χ4v) is 3.49. The normalized spacial score (nSPS) is 18.7. The number of nitrogens with zero attached hydrogens (tertiary/aromatic N) is 3. The summed E-state index contributed by atoms with van der Waals surface area (Å²) in [6.07, 6.45) is 4.86. The summed E-state index contributed by atoms with van der Waals surface area (Å²) in [6.45, 7) is 3.70. The van der Waals surface area contributed by atoms with E-state index in [0.29, 0.717) is 5.92 Å². The van der Waals surface area contributed by atoms with Gasteiger partial charge in [0.1, 0.15) is 4.88 Å². The smallest absolute Gasteiger partial charge is 0.265 e. The zero-order valence-electron chi connectivity index (χ0n) is 12.2. The molecule has 3 heterocycles. The Balaban J connectivity index is 1.64. The minimum Gasteiger partial charge on any atom is -0.338 e. The Bertz CT molecular complexity index is 612. The number of carbonyl (C=O) groups excluding carboxylic acids is 1. The highest BCUT2D eigenvalue weighted by molar-refractivity contribution is 7.11. The van der Waals surface area contributed by atoms with Crippen molar-refractivity contribution in [1.29, 1.82) is 0 Å². The molecule has 0 unspecified atom stereocenters. The molecule has 0 N–H and O–H groups in total. The van der Waals surface area contributed by atoms with E-state index in [9.17, 15) is 4.79 Å². The van der Waals surface area contributed by atoms with Gasteiger partial charge >= 0.3 is 0 Å². The number of piperidine rings is 1. The van der Waals surface area contributed by atoms with E-state index in [1.165, 1.54) is 17.8 Å². The van der Waals surface area contributed by atoms with E-state index in [1.807, 2.05) is 17.9 Å². The van der Waals surface area contributed by atoms with E-state index in [-0.39, 0.29) is 5.91 Å². The number of pyridine rings is 1. The standard InChI is InChI=1S/C16H19N3OS/c1-12-4-2-6-14(18-12)8-13-5-3-7-19(10-13)16(20)15-9-17-11-21-15/h2,4,6,9,11,13H,3,5,7-8,10H2,1H3/t13-/m1/s1. The molecular weight excluding hydrogens is 282 g/mol. The van der Waals surface area contributed by atoms with Crippen LogP contribution in [0.5, 0.6) is 0 Å². The van der Waals surface area contributed by atoms with Gasteiger partial charge in [-0.1, -0.05) is 6.07 Å². The van der Waals surface area contributed by atoms with Gasteiger partial charge in [0.2, 0.25) is 0 Å². The molecule has 3 rings (SSSR count). The van der Waals surface area contributed by atoms with Crippen LogP contribution in [0.2, 0.25) is 0 Å². The summed E-state index contributed by atoms with van der Waals surface area (Å²) in [6, 6.07) is 6.15. The first-order valence-corrected chi connectivity index (χ1v) is 8.20. The summed E-state index contributed by atoms with van der Waals surface area (Å²) in [5.41, 5.74) is 3.90. The number of likely N-dealkylation sites (tertiary alicyclic amines) is 1.